The fourth-order valence-corrected chi connectivity index (χ4v) is 2.92. The number of nitrogens with zero attached hydrogens (tertiary/aromatic N) is 1. The summed E-state index contributed by atoms with van der Waals surface area (Å²) in [5.41, 5.74) is 1.57. The second-order valence-electron chi connectivity index (χ2n) is 4.11. The summed E-state index contributed by atoms with van der Waals surface area (Å²) in [5.74, 6) is 0.324. The SMILES string of the molecule is COc1cc(Nc2nc3ccc(F)cc3s2)ccc1Cl. The monoisotopic (exact) mass is 308 g/mol. The maximum absolute atomic E-state index is 13.1. The van der Waals surface area contributed by atoms with Crippen molar-refractivity contribution in [1.82, 2.24) is 4.98 Å². The lowest BCUT2D eigenvalue weighted by atomic mass is 10.3. The molecule has 0 radical (unpaired) electrons. The average Bonchev–Trinajstić information content (AvgIpc) is 2.82. The van der Waals surface area contributed by atoms with Gasteiger partial charge in [-0.2, -0.15) is 0 Å². The molecule has 1 heterocycles. The van der Waals surface area contributed by atoms with Gasteiger partial charge in [0.05, 0.1) is 22.3 Å². The number of thiazole rings is 1. The van der Waals surface area contributed by atoms with E-state index in [0.717, 1.165) is 15.9 Å². The number of fused-ring (bicyclic) bond motifs is 1. The van der Waals surface area contributed by atoms with Gasteiger partial charge in [0.2, 0.25) is 0 Å². The lowest BCUT2D eigenvalue weighted by Gasteiger charge is -2.06. The molecule has 0 aliphatic heterocycles. The Hall–Kier alpha value is -1.85. The Balaban J connectivity index is 1.92. The molecule has 0 saturated heterocycles. The molecular formula is C14H10ClFN2OS. The highest BCUT2D eigenvalue weighted by atomic mass is 35.5. The fraction of sp³-hybridized carbons (Fsp3) is 0.0714. The van der Waals surface area contributed by atoms with Gasteiger partial charge in [0, 0.05) is 11.8 Å². The van der Waals surface area contributed by atoms with Crippen LogP contribution in [0.1, 0.15) is 0 Å². The van der Waals surface area contributed by atoms with Crippen molar-refractivity contribution in [2.24, 2.45) is 0 Å². The standard InChI is InChI=1S/C14H10ClFN2OS/c1-19-12-7-9(3-4-10(12)15)17-14-18-11-5-2-8(16)6-13(11)20-14/h2-7H,1H3,(H,17,18). The smallest absolute Gasteiger partial charge is 0.188 e. The van der Waals surface area contributed by atoms with Gasteiger partial charge in [0.15, 0.2) is 5.13 Å². The average molecular weight is 309 g/mol. The topological polar surface area (TPSA) is 34.1 Å². The Labute approximate surface area is 124 Å². The second-order valence-corrected chi connectivity index (χ2v) is 5.54. The fourth-order valence-electron chi connectivity index (χ4n) is 1.81. The molecule has 102 valence electrons. The van der Waals surface area contributed by atoms with Gasteiger partial charge in [-0.15, -0.1) is 0 Å². The van der Waals surface area contributed by atoms with Crippen molar-refractivity contribution < 1.29 is 9.13 Å². The van der Waals surface area contributed by atoms with Gasteiger partial charge in [-0.05, 0) is 30.3 Å². The van der Waals surface area contributed by atoms with E-state index in [-0.39, 0.29) is 5.82 Å². The number of ether oxygens (including phenoxy) is 1. The summed E-state index contributed by atoms with van der Waals surface area (Å²) in [4.78, 5) is 4.39. The molecule has 1 N–H and O–H groups in total. The van der Waals surface area contributed by atoms with Gasteiger partial charge in [0.25, 0.3) is 0 Å². The first-order chi connectivity index (χ1) is 9.65. The van der Waals surface area contributed by atoms with E-state index in [1.165, 1.54) is 23.5 Å². The molecular weight excluding hydrogens is 299 g/mol. The third kappa shape index (κ3) is 2.55. The predicted molar refractivity (Wildman–Crippen MR) is 80.9 cm³/mol. The van der Waals surface area contributed by atoms with Crippen molar-refractivity contribution in [3.05, 3.63) is 47.2 Å². The molecule has 3 rings (SSSR count). The quantitative estimate of drug-likeness (QED) is 0.751. The van der Waals surface area contributed by atoms with Crippen molar-refractivity contribution in [3.63, 3.8) is 0 Å². The number of benzene rings is 2. The molecule has 0 aliphatic rings. The van der Waals surface area contributed by atoms with Crippen LogP contribution in [0.5, 0.6) is 5.75 Å². The second kappa shape index (κ2) is 5.26. The highest BCUT2D eigenvalue weighted by Crippen LogP contribution is 2.32. The summed E-state index contributed by atoms with van der Waals surface area (Å²) < 4.78 is 19.1. The van der Waals surface area contributed by atoms with E-state index < -0.39 is 0 Å². The van der Waals surface area contributed by atoms with Gasteiger partial charge in [0.1, 0.15) is 11.6 Å². The zero-order valence-electron chi connectivity index (χ0n) is 10.5. The summed E-state index contributed by atoms with van der Waals surface area (Å²) in [6.07, 6.45) is 0. The Kier molecular flexibility index (Phi) is 3.46. The Morgan fingerprint density at radius 3 is 2.90 bits per heavy atom. The van der Waals surface area contributed by atoms with E-state index in [4.69, 9.17) is 16.3 Å². The number of halogens is 2. The molecule has 3 nitrogen and oxygen atoms in total. The summed E-state index contributed by atoms with van der Waals surface area (Å²) in [7, 11) is 1.56. The molecule has 6 heteroatoms. The third-order valence-corrected chi connectivity index (χ3v) is 4.00. The minimum atomic E-state index is -0.263. The van der Waals surface area contributed by atoms with Crippen LogP contribution in [0.25, 0.3) is 10.2 Å². The largest absolute Gasteiger partial charge is 0.495 e. The normalized spacial score (nSPS) is 10.8. The van der Waals surface area contributed by atoms with Crippen LogP contribution in [0.15, 0.2) is 36.4 Å². The van der Waals surface area contributed by atoms with Gasteiger partial charge in [-0.1, -0.05) is 22.9 Å². The van der Waals surface area contributed by atoms with E-state index in [0.29, 0.717) is 15.9 Å². The van der Waals surface area contributed by atoms with Crippen molar-refractivity contribution in [3.8, 4) is 5.75 Å². The molecule has 0 saturated carbocycles. The van der Waals surface area contributed by atoms with Crippen LogP contribution < -0.4 is 10.1 Å². The predicted octanol–water partition coefficient (Wildman–Crippen LogP) is 4.84. The molecule has 0 fully saturated rings. The first-order valence-corrected chi connectivity index (χ1v) is 7.02. The van der Waals surface area contributed by atoms with E-state index in [9.17, 15) is 4.39 Å². The van der Waals surface area contributed by atoms with E-state index in [2.05, 4.69) is 10.3 Å². The molecule has 2 aromatic carbocycles. The van der Waals surface area contributed by atoms with Crippen LogP contribution in [0, 0.1) is 5.82 Å². The van der Waals surface area contributed by atoms with E-state index >= 15 is 0 Å². The van der Waals surface area contributed by atoms with Crippen molar-refractivity contribution >= 4 is 44.0 Å². The lowest BCUT2D eigenvalue weighted by molar-refractivity contribution is 0.415. The molecule has 0 spiro atoms. The summed E-state index contributed by atoms with van der Waals surface area (Å²) in [5, 5.41) is 4.40. The van der Waals surface area contributed by atoms with Crippen molar-refractivity contribution in [2.45, 2.75) is 0 Å². The number of hydrogen-bond donors (Lipinski definition) is 1. The molecule has 1 aromatic heterocycles. The first-order valence-electron chi connectivity index (χ1n) is 5.82. The Morgan fingerprint density at radius 2 is 2.10 bits per heavy atom. The molecule has 0 atom stereocenters. The summed E-state index contributed by atoms with van der Waals surface area (Å²) in [6, 6.07) is 9.90. The van der Waals surface area contributed by atoms with Crippen molar-refractivity contribution in [1.29, 1.82) is 0 Å². The molecule has 20 heavy (non-hydrogen) atoms. The van der Waals surface area contributed by atoms with Crippen LogP contribution in [0.2, 0.25) is 5.02 Å². The van der Waals surface area contributed by atoms with Crippen LogP contribution >= 0.6 is 22.9 Å². The maximum atomic E-state index is 13.1. The highest BCUT2D eigenvalue weighted by Gasteiger charge is 2.07. The van der Waals surface area contributed by atoms with Crippen LogP contribution in [-0.4, -0.2) is 12.1 Å². The molecule has 0 unspecified atom stereocenters. The number of hydrogen-bond acceptors (Lipinski definition) is 4. The van der Waals surface area contributed by atoms with Crippen LogP contribution in [-0.2, 0) is 0 Å². The third-order valence-electron chi connectivity index (χ3n) is 2.75. The zero-order valence-corrected chi connectivity index (χ0v) is 12.1. The van der Waals surface area contributed by atoms with E-state index in [1.807, 2.05) is 6.07 Å². The molecule has 0 bridgehead atoms. The molecule has 3 aromatic rings. The molecule has 0 aliphatic carbocycles. The van der Waals surface area contributed by atoms with Gasteiger partial charge in [-0.25, -0.2) is 9.37 Å². The number of aromatic nitrogens is 1. The minimum Gasteiger partial charge on any atom is -0.495 e. The molecule has 0 amide bonds. The van der Waals surface area contributed by atoms with E-state index in [1.54, 1.807) is 25.3 Å². The van der Waals surface area contributed by atoms with Gasteiger partial charge >= 0.3 is 0 Å². The number of methoxy groups -OCH3 is 1. The zero-order chi connectivity index (χ0) is 14.1. The van der Waals surface area contributed by atoms with Crippen molar-refractivity contribution in [2.75, 3.05) is 12.4 Å². The van der Waals surface area contributed by atoms with Crippen LogP contribution in [0.4, 0.5) is 15.2 Å². The number of nitrogens with one attached hydrogen (secondary N) is 1. The summed E-state index contributed by atoms with van der Waals surface area (Å²) >= 11 is 7.36. The highest BCUT2D eigenvalue weighted by molar-refractivity contribution is 7.22. The first kappa shape index (κ1) is 13.1. The Bertz CT molecular complexity index is 775. The van der Waals surface area contributed by atoms with Gasteiger partial charge < -0.3 is 10.1 Å². The van der Waals surface area contributed by atoms with Gasteiger partial charge in [-0.3, -0.25) is 0 Å². The van der Waals surface area contributed by atoms with Crippen LogP contribution in [0.3, 0.4) is 0 Å². The summed E-state index contributed by atoms with van der Waals surface area (Å²) in [6.45, 7) is 0. The Morgan fingerprint density at radius 1 is 1.25 bits per heavy atom. The number of anilines is 2. The minimum absolute atomic E-state index is 0.263. The lowest BCUT2D eigenvalue weighted by Crippen LogP contribution is -1.91. The number of rotatable bonds is 3. The maximum Gasteiger partial charge on any atom is 0.188 e.